The second-order valence-corrected chi connectivity index (χ2v) is 7.05. The van der Waals surface area contributed by atoms with Crippen molar-refractivity contribution in [3.8, 4) is 0 Å². The van der Waals surface area contributed by atoms with Crippen molar-refractivity contribution >= 4 is 46.0 Å². The number of nitrogens with one attached hydrogen (secondary N) is 2. The normalized spacial score (nSPS) is 10.7. The molecular weight excluding hydrogens is 450 g/mol. The molecule has 4 aromatic rings. The van der Waals surface area contributed by atoms with E-state index in [1.807, 2.05) is 30.3 Å². The van der Waals surface area contributed by atoms with E-state index in [0.29, 0.717) is 17.1 Å². The number of carbonyl (C=O) groups is 1. The van der Waals surface area contributed by atoms with Gasteiger partial charge in [-0.3, -0.25) is 10.1 Å². The van der Waals surface area contributed by atoms with Gasteiger partial charge in [0.2, 0.25) is 11.6 Å². The Morgan fingerprint density at radius 3 is 2.11 bits per heavy atom. The molecule has 0 bridgehead atoms. The number of esters is 1. The average molecular weight is 469 g/mol. The summed E-state index contributed by atoms with van der Waals surface area (Å²) in [5.41, 5.74) is 2.00. The number of methoxy groups -OCH3 is 1. The van der Waals surface area contributed by atoms with Crippen molar-refractivity contribution in [2.45, 2.75) is 0 Å². The van der Waals surface area contributed by atoms with Crippen LogP contribution in [0.2, 0.25) is 0 Å². The molecule has 0 atom stereocenters. The Kier molecular flexibility index (Phi) is 6.97. The molecule has 1 heterocycles. The molecule has 0 aliphatic carbocycles. The molecular formula is C24H19N7O4. The lowest BCUT2D eigenvalue weighted by Gasteiger charge is -2.12. The number of anilines is 4. The summed E-state index contributed by atoms with van der Waals surface area (Å²) < 4.78 is 4.77. The van der Waals surface area contributed by atoms with E-state index in [4.69, 9.17) is 4.74 Å². The Bertz CT molecular complexity index is 1380. The highest BCUT2D eigenvalue weighted by Gasteiger charge is 2.24. The maximum atomic E-state index is 12.1. The summed E-state index contributed by atoms with van der Waals surface area (Å²) in [7, 11) is 1.25. The van der Waals surface area contributed by atoms with Crippen LogP contribution < -0.4 is 10.6 Å². The maximum Gasteiger partial charge on any atom is 0.353 e. The van der Waals surface area contributed by atoms with Gasteiger partial charge in [-0.1, -0.05) is 30.3 Å². The van der Waals surface area contributed by atoms with Crippen LogP contribution in [-0.2, 0) is 4.74 Å². The van der Waals surface area contributed by atoms with E-state index < -0.39 is 10.9 Å². The van der Waals surface area contributed by atoms with Gasteiger partial charge in [-0.15, -0.1) is 0 Å². The number of nitrogens with zero attached hydrogens (tertiary/aromatic N) is 5. The first kappa shape index (κ1) is 23.0. The molecule has 0 amide bonds. The van der Waals surface area contributed by atoms with Crippen molar-refractivity contribution < 1.29 is 14.5 Å². The van der Waals surface area contributed by atoms with Crippen LogP contribution in [0.3, 0.4) is 0 Å². The molecule has 0 saturated heterocycles. The van der Waals surface area contributed by atoms with Crippen molar-refractivity contribution in [3.63, 3.8) is 0 Å². The number of para-hydroxylation sites is 1. The van der Waals surface area contributed by atoms with Crippen LogP contribution >= 0.6 is 0 Å². The summed E-state index contributed by atoms with van der Waals surface area (Å²) in [4.78, 5) is 31.4. The third-order valence-corrected chi connectivity index (χ3v) is 4.76. The van der Waals surface area contributed by atoms with Crippen LogP contribution in [0.1, 0.15) is 10.4 Å². The van der Waals surface area contributed by atoms with E-state index in [1.165, 1.54) is 19.5 Å². The van der Waals surface area contributed by atoms with Gasteiger partial charge in [-0.25, -0.2) is 14.8 Å². The Morgan fingerprint density at radius 2 is 1.46 bits per heavy atom. The fraction of sp³-hybridized carbons (Fsp3) is 0.0417. The van der Waals surface area contributed by atoms with Gasteiger partial charge in [0, 0.05) is 5.69 Å². The highest BCUT2D eigenvalue weighted by molar-refractivity contribution is 5.96. The van der Waals surface area contributed by atoms with Crippen molar-refractivity contribution in [2.75, 3.05) is 17.7 Å². The quantitative estimate of drug-likeness (QED) is 0.137. The zero-order chi connectivity index (χ0) is 24.6. The number of aromatic nitrogens is 2. The Balaban J connectivity index is 1.57. The molecule has 0 fully saturated rings. The minimum absolute atomic E-state index is 0.0262. The van der Waals surface area contributed by atoms with Gasteiger partial charge in [0.25, 0.3) is 0 Å². The summed E-state index contributed by atoms with van der Waals surface area (Å²) in [5.74, 6) is -0.702. The molecule has 0 spiro atoms. The Labute approximate surface area is 199 Å². The predicted octanol–water partition coefficient (Wildman–Crippen LogP) is 6.07. The molecule has 1 aromatic heterocycles. The van der Waals surface area contributed by atoms with Crippen LogP contribution in [0.5, 0.6) is 0 Å². The van der Waals surface area contributed by atoms with Crippen molar-refractivity contribution in [3.05, 3.63) is 101 Å². The van der Waals surface area contributed by atoms with Crippen molar-refractivity contribution in [2.24, 2.45) is 10.2 Å². The van der Waals surface area contributed by atoms with Crippen LogP contribution in [0.4, 0.5) is 40.1 Å². The molecule has 35 heavy (non-hydrogen) atoms. The highest BCUT2D eigenvalue weighted by Crippen LogP contribution is 2.34. The number of hydrogen-bond donors (Lipinski definition) is 2. The van der Waals surface area contributed by atoms with E-state index in [1.54, 1.807) is 42.5 Å². The third kappa shape index (κ3) is 5.60. The Morgan fingerprint density at radius 1 is 0.857 bits per heavy atom. The second kappa shape index (κ2) is 10.6. The van der Waals surface area contributed by atoms with Crippen LogP contribution in [0, 0.1) is 10.1 Å². The molecule has 0 radical (unpaired) electrons. The summed E-state index contributed by atoms with van der Waals surface area (Å²) in [6.45, 7) is 0. The molecule has 2 N–H and O–H groups in total. The average Bonchev–Trinajstić information content (AvgIpc) is 2.89. The zero-order valence-electron chi connectivity index (χ0n) is 18.5. The SMILES string of the molecule is COC(=O)c1ccccc1Nc1ncnc(Nc2ccc(N=Nc3ccccc3)cc2)c1[N+](=O)[O-]. The first-order valence-corrected chi connectivity index (χ1v) is 10.3. The summed E-state index contributed by atoms with van der Waals surface area (Å²) in [5, 5.41) is 26.0. The predicted molar refractivity (Wildman–Crippen MR) is 130 cm³/mol. The summed E-state index contributed by atoms with van der Waals surface area (Å²) in [6.07, 6.45) is 1.18. The molecule has 11 heteroatoms. The summed E-state index contributed by atoms with van der Waals surface area (Å²) in [6, 6.07) is 22.6. The van der Waals surface area contributed by atoms with E-state index in [2.05, 4.69) is 30.8 Å². The van der Waals surface area contributed by atoms with Crippen LogP contribution in [0.15, 0.2) is 95.4 Å². The van der Waals surface area contributed by atoms with Gasteiger partial charge in [-0.05, 0) is 48.5 Å². The summed E-state index contributed by atoms with van der Waals surface area (Å²) >= 11 is 0. The first-order valence-electron chi connectivity index (χ1n) is 10.3. The lowest BCUT2D eigenvalue weighted by atomic mass is 10.2. The van der Waals surface area contributed by atoms with Gasteiger partial charge in [0.05, 0.1) is 34.7 Å². The minimum Gasteiger partial charge on any atom is -0.465 e. The molecule has 0 saturated carbocycles. The number of nitro groups is 1. The zero-order valence-corrected chi connectivity index (χ0v) is 18.5. The first-order chi connectivity index (χ1) is 17.0. The number of ether oxygens (including phenoxy) is 1. The number of rotatable bonds is 8. The molecule has 0 aliphatic rings. The van der Waals surface area contributed by atoms with E-state index in [9.17, 15) is 14.9 Å². The van der Waals surface area contributed by atoms with Crippen LogP contribution in [-0.4, -0.2) is 28.0 Å². The fourth-order valence-electron chi connectivity index (χ4n) is 3.10. The monoisotopic (exact) mass is 469 g/mol. The molecule has 0 unspecified atom stereocenters. The molecule has 4 rings (SSSR count). The lowest BCUT2D eigenvalue weighted by molar-refractivity contribution is -0.383. The number of benzene rings is 3. The van der Waals surface area contributed by atoms with Crippen molar-refractivity contribution in [1.29, 1.82) is 0 Å². The second-order valence-electron chi connectivity index (χ2n) is 7.05. The largest absolute Gasteiger partial charge is 0.465 e. The minimum atomic E-state index is -0.603. The Hall–Kier alpha value is -5.19. The molecule has 3 aromatic carbocycles. The smallest absolute Gasteiger partial charge is 0.353 e. The van der Waals surface area contributed by atoms with Crippen LogP contribution in [0.25, 0.3) is 0 Å². The highest BCUT2D eigenvalue weighted by atomic mass is 16.6. The molecule has 11 nitrogen and oxygen atoms in total. The van der Waals surface area contributed by atoms with Gasteiger partial charge in [-0.2, -0.15) is 10.2 Å². The van der Waals surface area contributed by atoms with Gasteiger partial charge < -0.3 is 15.4 Å². The maximum absolute atomic E-state index is 12.1. The third-order valence-electron chi connectivity index (χ3n) is 4.76. The topological polar surface area (TPSA) is 144 Å². The number of hydrogen-bond acceptors (Lipinski definition) is 10. The molecule has 0 aliphatic heterocycles. The van der Waals surface area contributed by atoms with E-state index in [-0.39, 0.29) is 22.9 Å². The van der Waals surface area contributed by atoms with Crippen molar-refractivity contribution in [1.82, 2.24) is 9.97 Å². The van der Waals surface area contributed by atoms with E-state index in [0.717, 1.165) is 5.69 Å². The standard InChI is InChI=1S/C24H19N7O4/c1-35-24(32)19-9-5-6-10-20(19)28-23-21(31(33)34)22(25-15-26-23)27-16-11-13-18(14-12-16)30-29-17-7-3-2-4-8-17/h2-15H,1H3,(H2,25,26,27,28). The van der Waals surface area contributed by atoms with E-state index >= 15 is 0 Å². The number of carbonyl (C=O) groups excluding carboxylic acids is 1. The number of azo groups is 1. The van der Waals surface area contributed by atoms with Gasteiger partial charge in [0.15, 0.2) is 0 Å². The van der Waals surface area contributed by atoms with Gasteiger partial charge >= 0.3 is 11.7 Å². The molecule has 174 valence electrons. The lowest BCUT2D eigenvalue weighted by Crippen LogP contribution is -2.09. The van der Waals surface area contributed by atoms with Gasteiger partial charge in [0.1, 0.15) is 6.33 Å². The fourth-order valence-corrected chi connectivity index (χ4v) is 3.10.